The highest BCUT2D eigenvalue weighted by Crippen LogP contribution is 2.21. The van der Waals surface area contributed by atoms with Crippen LogP contribution in [0, 0.1) is 12.7 Å². The molecule has 6 nitrogen and oxygen atoms in total. The maximum absolute atomic E-state index is 13.7. The van der Waals surface area contributed by atoms with Crippen LogP contribution < -0.4 is 5.32 Å². The summed E-state index contributed by atoms with van der Waals surface area (Å²) in [5.41, 5.74) is 0.793. The zero-order valence-electron chi connectivity index (χ0n) is 15.2. The van der Waals surface area contributed by atoms with E-state index in [1.54, 1.807) is 41.0 Å². The van der Waals surface area contributed by atoms with Crippen molar-refractivity contribution in [3.05, 3.63) is 55.9 Å². The molecule has 0 bridgehead atoms. The number of hydrogen-bond acceptors (Lipinski definition) is 4. The van der Waals surface area contributed by atoms with Gasteiger partial charge in [-0.2, -0.15) is 0 Å². The third-order valence-corrected chi connectivity index (χ3v) is 6.16. The van der Waals surface area contributed by atoms with Crippen molar-refractivity contribution in [1.82, 2.24) is 15.1 Å². The maximum atomic E-state index is 13.7. The largest absolute Gasteiger partial charge is 0.342 e. The normalized spacial score (nSPS) is 14.1. The van der Waals surface area contributed by atoms with Gasteiger partial charge in [-0.25, -0.2) is 4.39 Å². The molecule has 9 heteroatoms. The average molecular weight is 468 g/mol. The molecule has 1 saturated heterocycles. The molecule has 1 fully saturated rings. The number of carbonyl (C=O) groups is 3. The summed E-state index contributed by atoms with van der Waals surface area (Å²) in [5, 5.41) is 2.62. The highest BCUT2D eigenvalue weighted by atomic mass is 79.9. The number of carbonyl (C=O) groups excluding carboxylic acids is 3. The smallest absolute Gasteiger partial charge is 0.261 e. The number of aryl methyl sites for hydroxylation is 1. The number of halogens is 2. The summed E-state index contributed by atoms with van der Waals surface area (Å²) >= 11 is 4.59. The molecule has 148 valence electrons. The second kappa shape index (κ2) is 8.83. The summed E-state index contributed by atoms with van der Waals surface area (Å²) in [5.74, 6) is -1.15. The van der Waals surface area contributed by atoms with Crippen LogP contribution in [0.5, 0.6) is 0 Å². The van der Waals surface area contributed by atoms with E-state index in [1.807, 2.05) is 0 Å². The minimum Gasteiger partial charge on any atom is -0.342 e. The maximum Gasteiger partial charge on any atom is 0.261 e. The van der Waals surface area contributed by atoms with Gasteiger partial charge in [-0.15, -0.1) is 11.3 Å². The first kappa shape index (κ1) is 20.5. The Kier molecular flexibility index (Phi) is 6.46. The van der Waals surface area contributed by atoms with E-state index in [9.17, 15) is 18.8 Å². The molecule has 3 amide bonds. The second-order valence-corrected chi connectivity index (χ2v) is 8.89. The van der Waals surface area contributed by atoms with E-state index in [0.29, 0.717) is 42.2 Å². The Bertz CT molecular complexity index is 910. The molecular formula is C19H19BrFN3O3S. The van der Waals surface area contributed by atoms with Gasteiger partial charge < -0.3 is 15.1 Å². The predicted molar refractivity (Wildman–Crippen MR) is 108 cm³/mol. The first-order valence-corrected chi connectivity index (χ1v) is 10.3. The Morgan fingerprint density at radius 1 is 1.11 bits per heavy atom. The van der Waals surface area contributed by atoms with Crippen LogP contribution in [0.1, 0.15) is 25.6 Å². The summed E-state index contributed by atoms with van der Waals surface area (Å²) in [4.78, 5) is 40.6. The summed E-state index contributed by atoms with van der Waals surface area (Å²) in [6.45, 7) is 3.03. The molecule has 0 radical (unpaired) electrons. The van der Waals surface area contributed by atoms with Crippen LogP contribution in [0.3, 0.4) is 0 Å². The fourth-order valence-electron chi connectivity index (χ4n) is 2.86. The van der Waals surface area contributed by atoms with Gasteiger partial charge in [0.15, 0.2) is 0 Å². The first-order valence-electron chi connectivity index (χ1n) is 8.72. The van der Waals surface area contributed by atoms with Gasteiger partial charge in [-0.1, -0.05) is 6.07 Å². The lowest BCUT2D eigenvalue weighted by atomic mass is 10.1. The van der Waals surface area contributed by atoms with Gasteiger partial charge >= 0.3 is 0 Å². The summed E-state index contributed by atoms with van der Waals surface area (Å²) in [6.07, 6.45) is 0. The summed E-state index contributed by atoms with van der Waals surface area (Å²) < 4.78 is 14.5. The number of nitrogens with zero attached hydrogens (tertiary/aromatic N) is 2. The Hall–Kier alpha value is -2.26. The molecular weight excluding hydrogens is 449 g/mol. The highest BCUT2D eigenvalue weighted by molar-refractivity contribution is 9.11. The number of nitrogens with one attached hydrogen (secondary N) is 1. The quantitative estimate of drug-likeness (QED) is 0.751. The van der Waals surface area contributed by atoms with Crippen LogP contribution in [0.2, 0.25) is 0 Å². The van der Waals surface area contributed by atoms with Gasteiger partial charge in [0, 0.05) is 31.7 Å². The van der Waals surface area contributed by atoms with E-state index >= 15 is 0 Å². The topological polar surface area (TPSA) is 69.7 Å². The Labute approximate surface area is 174 Å². The molecule has 1 aromatic heterocycles. The standard InChI is InChI=1S/C19H19BrFN3O3S/c1-12-2-3-13(10-14(12)21)19(27)24-8-6-23(7-9-24)17(25)11-22-18(26)15-4-5-16(20)28-15/h2-5,10H,6-9,11H2,1H3,(H,22,26). The van der Waals surface area contributed by atoms with Crippen molar-refractivity contribution in [3.8, 4) is 0 Å². The fourth-order valence-corrected chi connectivity index (χ4v) is 4.16. The van der Waals surface area contributed by atoms with Gasteiger partial charge in [0.1, 0.15) is 5.82 Å². The molecule has 3 rings (SSSR count). The fraction of sp³-hybridized carbons (Fsp3) is 0.316. The van der Waals surface area contributed by atoms with Crippen LogP contribution in [0.15, 0.2) is 34.1 Å². The lowest BCUT2D eigenvalue weighted by molar-refractivity contribution is -0.131. The third-order valence-electron chi connectivity index (χ3n) is 4.54. The van der Waals surface area contributed by atoms with Crippen molar-refractivity contribution in [2.24, 2.45) is 0 Å². The number of hydrogen-bond donors (Lipinski definition) is 1. The highest BCUT2D eigenvalue weighted by Gasteiger charge is 2.25. The molecule has 0 atom stereocenters. The lowest BCUT2D eigenvalue weighted by Crippen LogP contribution is -2.52. The van der Waals surface area contributed by atoms with Gasteiger partial charge in [0.05, 0.1) is 15.2 Å². The number of benzene rings is 1. The van der Waals surface area contributed by atoms with Gasteiger partial charge in [-0.05, 0) is 52.7 Å². The summed E-state index contributed by atoms with van der Waals surface area (Å²) in [6, 6.07) is 7.89. The van der Waals surface area contributed by atoms with Gasteiger partial charge in [-0.3, -0.25) is 14.4 Å². The molecule has 0 unspecified atom stereocenters. The molecule has 0 spiro atoms. The van der Waals surface area contributed by atoms with E-state index in [0.717, 1.165) is 3.79 Å². The zero-order valence-corrected chi connectivity index (χ0v) is 17.6. The number of rotatable bonds is 4. The molecule has 28 heavy (non-hydrogen) atoms. The molecule has 2 heterocycles. The molecule has 1 aliphatic heterocycles. The molecule has 1 aliphatic rings. The minimum atomic E-state index is -0.409. The second-order valence-electron chi connectivity index (χ2n) is 6.42. The Balaban J connectivity index is 1.49. The van der Waals surface area contributed by atoms with E-state index in [2.05, 4.69) is 21.2 Å². The van der Waals surface area contributed by atoms with Crippen molar-refractivity contribution in [2.45, 2.75) is 6.92 Å². The third kappa shape index (κ3) is 4.77. The molecule has 0 saturated carbocycles. The van der Waals surface area contributed by atoms with Crippen LogP contribution in [-0.2, 0) is 4.79 Å². The van der Waals surface area contributed by atoms with Crippen molar-refractivity contribution in [1.29, 1.82) is 0 Å². The average Bonchev–Trinajstić information content (AvgIpc) is 3.14. The van der Waals surface area contributed by atoms with Gasteiger partial charge in [0.25, 0.3) is 11.8 Å². The van der Waals surface area contributed by atoms with E-state index < -0.39 is 5.82 Å². The first-order chi connectivity index (χ1) is 13.3. The molecule has 2 aromatic rings. The van der Waals surface area contributed by atoms with Crippen molar-refractivity contribution in [3.63, 3.8) is 0 Å². The van der Waals surface area contributed by atoms with Crippen molar-refractivity contribution < 1.29 is 18.8 Å². The lowest BCUT2D eigenvalue weighted by Gasteiger charge is -2.34. The molecule has 0 aliphatic carbocycles. The molecule has 1 aromatic carbocycles. The Morgan fingerprint density at radius 2 is 1.79 bits per heavy atom. The van der Waals surface area contributed by atoms with Crippen molar-refractivity contribution >= 4 is 45.0 Å². The van der Waals surface area contributed by atoms with Crippen molar-refractivity contribution in [2.75, 3.05) is 32.7 Å². The van der Waals surface area contributed by atoms with Crippen LogP contribution in [0.4, 0.5) is 4.39 Å². The molecule has 1 N–H and O–H groups in total. The van der Waals surface area contributed by atoms with Crippen LogP contribution >= 0.6 is 27.3 Å². The summed E-state index contributed by atoms with van der Waals surface area (Å²) in [7, 11) is 0. The minimum absolute atomic E-state index is 0.0918. The van der Waals surface area contributed by atoms with Crippen LogP contribution in [0.25, 0.3) is 0 Å². The number of piperazine rings is 1. The Morgan fingerprint density at radius 3 is 2.39 bits per heavy atom. The van der Waals surface area contributed by atoms with E-state index in [1.165, 1.54) is 17.4 Å². The predicted octanol–water partition coefficient (Wildman–Crippen LogP) is 2.67. The number of amides is 3. The SMILES string of the molecule is Cc1ccc(C(=O)N2CCN(C(=O)CNC(=O)c3ccc(Br)s3)CC2)cc1F. The van der Waals surface area contributed by atoms with Crippen LogP contribution in [-0.4, -0.2) is 60.2 Å². The number of thiophene rings is 1. The zero-order chi connectivity index (χ0) is 20.3. The van der Waals surface area contributed by atoms with Gasteiger partial charge in [0.2, 0.25) is 5.91 Å². The van der Waals surface area contributed by atoms with E-state index in [4.69, 9.17) is 0 Å². The van der Waals surface area contributed by atoms with E-state index in [-0.39, 0.29) is 24.3 Å². The monoisotopic (exact) mass is 467 g/mol.